The number of carbonyl (C=O) groups is 2. The average Bonchev–Trinajstić information content (AvgIpc) is 2.38. The van der Waals surface area contributed by atoms with E-state index in [9.17, 15) is 9.59 Å². The van der Waals surface area contributed by atoms with Crippen molar-refractivity contribution in [2.45, 2.75) is 25.7 Å². The zero-order chi connectivity index (χ0) is 13.6. The van der Waals surface area contributed by atoms with E-state index in [-0.39, 0.29) is 18.5 Å². The third kappa shape index (κ3) is 11.3. The lowest BCUT2D eigenvalue weighted by molar-refractivity contribution is -0.140. The second-order valence-corrected chi connectivity index (χ2v) is 3.78. The second-order valence-electron chi connectivity index (χ2n) is 3.78. The summed E-state index contributed by atoms with van der Waals surface area (Å²) in [4.78, 5) is 22.0. The summed E-state index contributed by atoms with van der Waals surface area (Å²) in [5.74, 6) is -0.315. The molecule has 0 saturated carbocycles. The Hall–Kier alpha value is -1.14. The summed E-state index contributed by atoms with van der Waals surface area (Å²) in [6.07, 6.45) is 2.96. The fraction of sp³-hybridized carbons (Fsp3) is 0.833. The molecular weight excluding hydrogens is 238 g/mol. The molecule has 18 heavy (non-hydrogen) atoms. The fourth-order valence-corrected chi connectivity index (χ4v) is 1.26. The van der Waals surface area contributed by atoms with E-state index in [0.717, 1.165) is 19.3 Å². The van der Waals surface area contributed by atoms with Crippen molar-refractivity contribution in [1.82, 2.24) is 5.32 Å². The molecule has 0 bridgehead atoms. The molecule has 0 saturated heterocycles. The number of nitrogens with one attached hydrogen (secondary N) is 1. The Kier molecular flexibility index (Phi) is 11.5. The first-order valence-corrected chi connectivity index (χ1v) is 6.11. The van der Waals surface area contributed by atoms with E-state index >= 15 is 0 Å². The van der Waals surface area contributed by atoms with Crippen LogP contribution in [0.5, 0.6) is 0 Å². The minimum absolute atomic E-state index is 0.0610. The van der Waals surface area contributed by atoms with E-state index in [0.29, 0.717) is 26.2 Å². The molecule has 6 heteroatoms. The van der Waals surface area contributed by atoms with Crippen LogP contribution in [0.3, 0.4) is 0 Å². The van der Waals surface area contributed by atoms with Crippen molar-refractivity contribution in [1.29, 1.82) is 0 Å². The van der Waals surface area contributed by atoms with E-state index < -0.39 is 0 Å². The first kappa shape index (κ1) is 16.9. The highest BCUT2D eigenvalue weighted by Crippen LogP contribution is 1.99. The Morgan fingerprint density at radius 3 is 2.50 bits per heavy atom. The Balaban J connectivity index is 3.22. The fourth-order valence-electron chi connectivity index (χ4n) is 1.26. The van der Waals surface area contributed by atoms with Crippen LogP contribution in [0.15, 0.2) is 0 Å². The molecule has 0 aliphatic heterocycles. The molecule has 0 rings (SSSR count). The van der Waals surface area contributed by atoms with E-state index in [1.807, 2.05) is 0 Å². The molecule has 0 radical (unpaired) electrons. The highest BCUT2D eigenvalue weighted by Gasteiger charge is 2.01. The van der Waals surface area contributed by atoms with Gasteiger partial charge in [0.05, 0.1) is 20.3 Å². The molecule has 0 aliphatic rings. The topological polar surface area (TPSA) is 73.9 Å². The van der Waals surface area contributed by atoms with Gasteiger partial charge in [0.1, 0.15) is 6.61 Å². The zero-order valence-corrected chi connectivity index (χ0v) is 11.2. The molecule has 0 spiro atoms. The van der Waals surface area contributed by atoms with E-state index in [2.05, 4.69) is 10.1 Å². The average molecular weight is 261 g/mol. The van der Waals surface area contributed by atoms with Gasteiger partial charge in [-0.3, -0.25) is 9.59 Å². The number of ether oxygens (including phenoxy) is 3. The SMILES string of the molecule is COCCOCC(=O)NCCCCCC(=O)OC. The van der Waals surface area contributed by atoms with Gasteiger partial charge in [0.15, 0.2) is 0 Å². The van der Waals surface area contributed by atoms with Crippen LogP contribution < -0.4 is 5.32 Å². The van der Waals surface area contributed by atoms with E-state index in [1.165, 1.54) is 7.11 Å². The molecule has 0 unspecified atom stereocenters. The number of methoxy groups -OCH3 is 2. The Morgan fingerprint density at radius 1 is 1.06 bits per heavy atom. The van der Waals surface area contributed by atoms with E-state index in [1.54, 1.807) is 7.11 Å². The third-order valence-corrected chi connectivity index (χ3v) is 2.27. The summed E-state index contributed by atoms with van der Waals surface area (Å²) in [6, 6.07) is 0. The van der Waals surface area contributed by atoms with Gasteiger partial charge in [-0.05, 0) is 12.8 Å². The highest BCUT2D eigenvalue weighted by molar-refractivity contribution is 5.77. The standard InChI is InChI=1S/C12H23NO5/c1-16-8-9-18-10-11(14)13-7-5-3-4-6-12(15)17-2/h3-10H2,1-2H3,(H,13,14). The number of esters is 1. The third-order valence-electron chi connectivity index (χ3n) is 2.27. The van der Waals surface area contributed by atoms with Crippen LogP contribution in [0, 0.1) is 0 Å². The van der Waals surface area contributed by atoms with Crippen LogP contribution in [-0.2, 0) is 23.8 Å². The zero-order valence-electron chi connectivity index (χ0n) is 11.2. The number of amides is 1. The predicted molar refractivity (Wildman–Crippen MR) is 66.2 cm³/mol. The van der Waals surface area contributed by atoms with Crippen LogP contribution in [-0.4, -0.2) is 52.5 Å². The maximum atomic E-state index is 11.2. The van der Waals surface area contributed by atoms with Gasteiger partial charge in [-0.1, -0.05) is 6.42 Å². The molecule has 6 nitrogen and oxygen atoms in total. The van der Waals surface area contributed by atoms with Crippen LogP contribution in [0.2, 0.25) is 0 Å². The van der Waals surface area contributed by atoms with Gasteiger partial charge in [0.25, 0.3) is 0 Å². The molecule has 0 heterocycles. The minimum Gasteiger partial charge on any atom is -0.469 e. The molecule has 0 aromatic heterocycles. The number of unbranched alkanes of at least 4 members (excludes halogenated alkanes) is 2. The van der Waals surface area contributed by atoms with Crippen molar-refractivity contribution >= 4 is 11.9 Å². The van der Waals surface area contributed by atoms with Crippen LogP contribution in [0.1, 0.15) is 25.7 Å². The first-order chi connectivity index (χ1) is 8.70. The minimum atomic E-state index is -0.189. The Bertz CT molecular complexity index is 233. The Morgan fingerprint density at radius 2 is 1.83 bits per heavy atom. The summed E-state index contributed by atoms with van der Waals surface area (Å²) < 4.78 is 14.4. The highest BCUT2D eigenvalue weighted by atomic mass is 16.5. The van der Waals surface area contributed by atoms with Gasteiger partial charge in [0.2, 0.25) is 5.91 Å². The molecule has 1 amide bonds. The van der Waals surface area contributed by atoms with Crippen molar-refractivity contribution in [3.63, 3.8) is 0 Å². The predicted octanol–water partition coefficient (Wildman–Crippen LogP) is 0.499. The lowest BCUT2D eigenvalue weighted by Crippen LogP contribution is -2.29. The van der Waals surface area contributed by atoms with Crippen molar-refractivity contribution in [3.05, 3.63) is 0 Å². The molecule has 0 aromatic carbocycles. The second kappa shape index (κ2) is 12.3. The van der Waals surface area contributed by atoms with Gasteiger partial charge >= 0.3 is 5.97 Å². The van der Waals surface area contributed by atoms with E-state index in [4.69, 9.17) is 9.47 Å². The van der Waals surface area contributed by atoms with Crippen molar-refractivity contribution in [3.8, 4) is 0 Å². The van der Waals surface area contributed by atoms with Gasteiger partial charge < -0.3 is 19.5 Å². The molecule has 0 aromatic rings. The summed E-state index contributed by atoms with van der Waals surface area (Å²) in [6.45, 7) is 1.57. The normalized spacial score (nSPS) is 10.1. The first-order valence-electron chi connectivity index (χ1n) is 6.11. The quantitative estimate of drug-likeness (QED) is 0.433. The van der Waals surface area contributed by atoms with Crippen molar-refractivity contribution in [2.75, 3.05) is 40.6 Å². The van der Waals surface area contributed by atoms with Gasteiger partial charge in [-0.15, -0.1) is 0 Å². The van der Waals surface area contributed by atoms with Crippen LogP contribution >= 0.6 is 0 Å². The lowest BCUT2D eigenvalue weighted by atomic mass is 10.2. The van der Waals surface area contributed by atoms with Crippen molar-refractivity contribution < 1.29 is 23.8 Å². The molecule has 0 aliphatic carbocycles. The summed E-state index contributed by atoms with van der Waals surface area (Å²) in [5, 5.41) is 2.74. The smallest absolute Gasteiger partial charge is 0.305 e. The monoisotopic (exact) mass is 261 g/mol. The van der Waals surface area contributed by atoms with Crippen LogP contribution in [0.4, 0.5) is 0 Å². The number of hydrogen-bond acceptors (Lipinski definition) is 5. The number of carbonyl (C=O) groups excluding carboxylic acids is 2. The molecule has 1 N–H and O–H groups in total. The summed E-state index contributed by atoms with van der Waals surface area (Å²) in [5.41, 5.74) is 0. The molecule has 0 fully saturated rings. The maximum absolute atomic E-state index is 11.2. The lowest BCUT2D eigenvalue weighted by Gasteiger charge is -2.05. The molecule has 106 valence electrons. The Labute approximate surface area is 108 Å². The number of hydrogen-bond donors (Lipinski definition) is 1. The maximum Gasteiger partial charge on any atom is 0.305 e. The molecule has 0 atom stereocenters. The van der Waals surface area contributed by atoms with Crippen LogP contribution in [0.25, 0.3) is 0 Å². The van der Waals surface area contributed by atoms with Crippen molar-refractivity contribution in [2.24, 2.45) is 0 Å². The summed E-state index contributed by atoms with van der Waals surface area (Å²) in [7, 11) is 2.96. The largest absolute Gasteiger partial charge is 0.469 e. The number of rotatable bonds is 11. The van der Waals surface area contributed by atoms with Gasteiger partial charge in [0, 0.05) is 20.1 Å². The van der Waals surface area contributed by atoms with Gasteiger partial charge in [-0.25, -0.2) is 0 Å². The van der Waals surface area contributed by atoms with Gasteiger partial charge in [-0.2, -0.15) is 0 Å². The summed E-state index contributed by atoms with van der Waals surface area (Å²) >= 11 is 0. The molecular formula is C12H23NO5.